The summed E-state index contributed by atoms with van der Waals surface area (Å²) in [6.45, 7) is 0.340. The number of rotatable bonds is 5. The van der Waals surface area contributed by atoms with Gasteiger partial charge in [0.05, 0.1) is 0 Å². The highest BCUT2D eigenvalue weighted by Gasteiger charge is 2.20. The van der Waals surface area contributed by atoms with Crippen LogP contribution in [0.5, 0.6) is 0 Å². The molecule has 0 aliphatic rings. The Labute approximate surface area is 116 Å². The van der Waals surface area contributed by atoms with Gasteiger partial charge in [-0.25, -0.2) is 4.98 Å². The van der Waals surface area contributed by atoms with E-state index in [1.807, 2.05) is 14.1 Å². The number of nitrogens with zero attached hydrogens (tertiary/aromatic N) is 3. The van der Waals surface area contributed by atoms with Gasteiger partial charge in [0.15, 0.2) is 5.13 Å². The second-order valence-electron chi connectivity index (χ2n) is 4.26. The van der Waals surface area contributed by atoms with Crippen molar-refractivity contribution in [3.8, 4) is 0 Å². The van der Waals surface area contributed by atoms with Crippen molar-refractivity contribution in [1.82, 2.24) is 15.2 Å². The molecule has 2 amide bonds. The zero-order chi connectivity index (χ0) is 14.6. The van der Waals surface area contributed by atoms with Crippen molar-refractivity contribution in [2.45, 2.75) is 6.42 Å². The average molecular weight is 285 g/mol. The number of amides is 2. The van der Waals surface area contributed by atoms with E-state index in [1.54, 1.807) is 19.0 Å². The Bertz CT molecular complexity index is 472. The fourth-order valence-corrected chi connectivity index (χ4v) is 2.24. The predicted octanol–water partition coefficient (Wildman–Crippen LogP) is -0.000600. The number of aromatic nitrogens is 1. The predicted molar refractivity (Wildman–Crippen MR) is 76.5 cm³/mol. The SMILES string of the molecule is CNC(=O)CCN(C)C(=O)c1sc(N(C)C)nc1N. The van der Waals surface area contributed by atoms with Crippen LogP contribution in [-0.2, 0) is 4.79 Å². The Morgan fingerprint density at radius 3 is 2.47 bits per heavy atom. The molecule has 0 fully saturated rings. The smallest absolute Gasteiger partial charge is 0.267 e. The fourth-order valence-electron chi connectivity index (χ4n) is 1.33. The molecule has 8 heteroatoms. The normalized spacial score (nSPS) is 10.1. The van der Waals surface area contributed by atoms with Crippen molar-refractivity contribution in [2.75, 3.05) is 45.4 Å². The average Bonchev–Trinajstić information content (AvgIpc) is 2.76. The molecule has 0 saturated carbocycles. The Hall–Kier alpha value is -1.83. The topological polar surface area (TPSA) is 91.6 Å². The van der Waals surface area contributed by atoms with Crippen LogP contribution in [0.1, 0.15) is 16.1 Å². The molecule has 0 bridgehead atoms. The van der Waals surface area contributed by atoms with Gasteiger partial charge in [-0.2, -0.15) is 0 Å². The Morgan fingerprint density at radius 2 is 2.00 bits per heavy atom. The minimum atomic E-state index is -0.216. The molecule has 3 N–H and O–H groups in total. The molecule has 0 aliphatic heterocycles. The van der Waals surface area contributed by atoms with E-state index in [-0.39, 0.29) is 24.1 Å². The first-order chi connectivity index (χ1) is 8.86. The van der Waals surface area contributed by atoms with Crippen LogP contribution in [0.15, 0.2) is 0 Å². The lowest BCUT2D eigenvalue weighted by Gasteiger charge is -2.15. The van der Waals surface area contributed by atoms with Crippen LogP contribution < -0.4 is 16.0 Å². The number of nitrogens with one attached hydrogen (secondary N) is 1. The third-order valence-corrected chi connectivity index (χ3v) is 3.75. The number of carbonyl (C=O) groups excluding carboxylic acids is 2. The van der Waals surface area contributed by atoms with E-state index in [0.717, 1.165) is 0 Å². The van der Waals surface area contributed by atoms with E-state index in [4.69, 9.17) is 5.73 Å². The van der Waals surface area contributed by atoms with Crippen LogP contribution in [0.2, 0.25) is 0 Å². The highest BCUT2D eigenvalue weighted by molar-refractivity contribution is 7.18. The summed E-state index contributed by atoms with van der Waals surface area (Å²) in [5.41, 5.74) is 5.75. The first-order valence-corrected chi connectivity index (χ1v) is 6.58. The molecule has 1 heterocycles. The highest BCUT2D eigenvalue weighted by atomic mass is 32.1. The maximum Gasteiger partial charge on any atom is 0.267 e. The van der Waals surface area contributed by atoms with Crippen LogP contribution in [0.4, 0.5) is 10.9 Å². The number of nitrogens with two attached hydrogens (primary N) is 1. The van der Waals surface area contributed by atoms with Crippen molar-refractivity contribution < 1.29 is 9.59 Å². The van der Waals surface area contributed by atoms with Crippen LogP contribution in [-0.4, -0.2) is 56.4 Å². The first kappa shape index (κ1) is 15.2. The summed E-state index contributed by atoms with van der Waals surface area (Å²) in [5, 5.41) is 3.19. The van der Waals surface area contributed by atoms with Gasteiger partial charge in [0.2, 0.25) is 5.91 Å². The van der Waals surface area contributed by atoms with E-state index < -0.39 is 0 Å². The summed E-state index contributed by atoms with van der Waals surface area (Å²) >= 11 is 1.24. The van der Waals surface area contributed by atoms with E-state index >= 15 is 0 Å². The molecule has 0 aliphatic carbocycles. The van der Waals surface area contributed by atoms with Gasteiger partial charge in [0.1, 0.15) is 10.7 Å². The summed E-state index contributed by atoms with van der Waals surface area (Å²) in [7, 11) is 6.87. The molecule has 0 spiro atoms. The molecule has 106 valence electrons. The molecule has 0 saturated heterocycles. The van der Waals surface area contributed by atoms with Gasteiger partial charge in [-0.15, -0.1) is 0 Å². The molecule has 1 aromatic heterocycles. The minimum Gasteiger partial charge on any atom is -0.382 e. The lowest BCUT2D eigenvalue weighted by molar-refractivity contribution is -0.120. The fraction of sp³-hybridized carbons (Fsp3) is 0.545. The molecular formula is C11H19N5O2S. The first-order valence-electron chi connectivity index (χ1n) is 5.76. The molecule has 0 aromatic carbocycles. The van der Waals surface area contributed by atoms with E-state index in [1.165, 1.54) is 16.2 Å². The molecule has 7 nitrogen and oxygen atoms in total. The molecule has 1 aromatic rings. The van der Waals surface area contributed by atoms with Crippen molar-refractivity contribution in [1.29, 1.82) is 0 Å². The summed E-state index contributed by atoms with van der Waals surface area (Å²) in [4.78, 5) is 31.1. The van der Waals surface area contributed by atoms with Gasteiger partial charge in [-0.1, -0.05) is 11.3 Å². The van der Waals surface area contributed by atoms with Crippen LogP contribution in [0.3, 0.4) is 0 Å². The van der Waals surface area contributed by atoms with Crippen LogP contribution in [0.25, 0.3) is 0 Å². The lowest BCUT2D eigenvalue weighted by Crippen LogP contribution is -2.31. The van der Waals surface area contributed by atoms with Gasteiger partial charge in [0, 0.05) is 41.2 Å². The van der Waals surface area contributed by atoms with E-state index in [2.05, 4.69) is 10.3 Å². The largest absolute Gasteiger partial charge is 0.382 e. The van der Waals surface area contributed by atoms with Crippen LogP contribution >= 0.6 is 11.3 Å². The molecule has 19 heavy (non-hydrogen) atoms. The summed E-state index contributed by atoms with van der Waals surface area (Å²) in [6, 6.07) is 0. The Morgan fingerprint density at radius 1 is 1.37 bits per heavy atom. The van der Waals surface area contributed by atoms with Crippen molar-refractivity contribution in [2.24, 2.45) is 0 Å². The Kier molecular flexibility index (Phi) is 5.11. The number of thiazole rings is 1. The van der Waals surface area contributed by atoms with Crippen molar-refractivity contribution in [3.63, 3.8) is 0 Å². The highest BCUT2D eigenvalue weighted by Crippen LogP contribution is 2.27. The zero-order valence-electron chi connectivity index (χ0n) is 11.6. The minimum absolute atomic E-state index is 0.106. The van der Waals surface area contributed by atoms with Crippen LogP contribution in [0, 0.1) is 0 Å². The second-order valence-corrected chi connectivity index (χ2v) is 5.23. The zero-order valence-corrected chi connectivity index (χ0v) is 12.4. The van der Waals surface area contributed by atoms with Gasteiger partial charge < -0.3 is 20.9 Å². The van der Waals surface area contributed by atoms with Crippen molar-refractivity contribution in [3.05, 3.63) is 4.88 Å². The summed E-state index contributed by atoms with van der Waals surface area (Å²) in [5.74, 6) is -0.0941. The number of hydrogen-bond donors (Lipinski definition) is 2. The standard InChI is InChI=1S/C11H19N5O2S/c1-13-7(17)5-6-16(4)10(18)8-9(12)14-11(19-8)15(2)3/h5-6,12H2,1-4H3,(H,13,17). The Balaban J connectivity index is 2.74. The molecular weight excluding hydrogens is 266 g/mol. The molecule has 0 unspecified atom stereocenters. The molecule has 0 atom stereocenters. The number of hydrogen-bond acceptors (Lipinski definition) is 6. The maximum atomic E-state index is 12.2. The number of nitrogen functional groups attached to an aromatic ring is 1. The monoisotopic (exact) mass is 285 g/mol. The summed E-state index contributed by atoms with van der Waals surface area (Å²) < 4.78 is 0. The third-order valence-electron chi connectivity index (χ3n) is 2.52. The third kappa shape index (κ3) is 3.82. The quantitative estimate of drug-likeness (QED) is 0.794. The summed E-state index contributed by atoms with van der Waals surface area (Å²) in [6.07, 6.45) is 0.262. The van der Waals surface area contributed by atoms with Gasteiger partial charge in [-0.05, 0) is 0 Å². The van der Waals surface area contributed by atoms with E-state index in [9.17, 15) is 9.59 Å². The molecule has 0 radical (unpaired) electrons. The molecule has 1 rings (SSSR count). The number of carbonyl (C=O) groups is 2. The van der Waals surface area contributed by atoms with E-state index in [0.29, 0.717) is 16.6 Å². The van der Waals surface area contributed by atoms with Crippen molar-refractivity contribution >= 4 is 34.1 Å². The van der Waals surface area contributed by atoms with Gasteiger partial charge in [0.25, 0.3) is 5.91 Å². The maximum absolute atomic E-state index is 12.2. The van der Waals surface area contributed by atoms with Gasteiger partial charge >= 0.3 is 0 Å². The second kappa shape index (κ2) is 6.37. The lowest BCUT2D eigenvalue weighted by atomic mass is 10.3. The number of anilines is 2. The van der Waals surface area contributed by atoms with Gasteiger partial charge in [-0.3, -0.25) is 9.59 Å².